The number of hydrogen-bond acceptors (Lipinski definition) is 7. The van der Waals surface area contributed by atoms with Crippen molar-refractivity contribution in [2.75, 3.05) is 13.2 Å². The van der Waals surface area contributed by atoms with Gasteiger partial charge in [0.2, 0.25) is 0 Å². The van der Waals surface area contributed by atoms with Gasteiger partial charge < -0.3 is 13.8 Å². The number of benzene rings is 1. The summed E-state index contributed by atoms with van der Waals surface area (Å²) in [6, 6.07) is -0.103. The lowest BCUT2D eigenvalue weighted by Gasteiger charge is -2.31. The van der Waals surface area contributed by atoms with Crippen LogP contribution in [0.2, 0.25) is 0 Å². The van der Waals surface area contributed by atoms with E-state index in [9.17, 15) is 36.4 Å². The van der Waals surface area contributed by atoms with E-state index in [4.69, 9.17) is 4.74 Å². The Balaban J connectivity index is 2.05. The molecule has 148 valence electrons. The second-order valence-electron chi connectivity index (χ2n) is 5.72. The third-order valence-corrected chi connectivity index (χ3v) is 5.11. The standard InChI is InChI=1S/C14H13F3N2O7S/c1-2-25-12(20)11-8-4-3-7(26-27(23,24)14(15,16)17)5-9(8)10-6-18(11)13(21)19(10)22/h3-5,10-11,22H,2,6H2,1H3/t10-,11+/m0/s1. The monoisotopic (exact) mass is 410 g/mol. The molecule has 0 spiro atoms. The van der Waals surface area contributed by atoms with Crippen LogP contribution in [-0.2, 0) is 19.6 Å². The minimum Gasteiger partial charge on any atom is -0.464 e. The van der Waals surface area contributed by atoms with Crippen molar-refractivity contribution in [3.05, 3.63) is 29.3 Å². The number of nitrogens with zero attached hydrogens (tertiary/aromatic N) is 2. The Morgan fingerprint density at radius 3 is 2.59 bits per heavy atom. The maximum absolute atomic E-state index is 12.5. The highest BCUT2D eigenvalue weighted by molar-refractivity contribution is 7.88. The summed E-state index contributed by atoms with van der Waals surface area (Å²) in [7, 11) is -5.90. The zero-order chi connectivity index (χ0) is 20.1. The van der Waals surface area contributed by atoms with Gasteiger partial charge in [0, 0.05) is 0 Å². The zero-order valence-electron chi connectivity index (χ0n) is 13.6. The molecule has 2 amide bonds. The second-order valence-corrected chi connectivity index (χ2v) is 7.26. The Labute approximate surface area is 150 Å². The first-order valence-electron chi connectivity index (χ1n) is 7.58. The fourth-order valence-corrected chi connectivity index (χ4v) is 3.46. The topological polar surface area (TPSA) is 113 Å². The Bertz CT molecular complexity index is 902. The molecule has 1 aromatic carbocycles. The van der Waals surface area contributed by atoms with E-state index >= 15 is 0 Å². The number of hydrogen-bond donors (Lipinski definition) is 1. The van der Waals surface area contributed by atoms with Crippen molar-refractivity contribution in [1.82, 2.24) is 9.96 Å². The van der Waals surface area contributed by atoms with Crippen molar-refractivity contribution in [2.45, 2.75) is 24.5 Å². The highest BCUT2D eigenvalue weighted by atomic mass is 32.2. The van der Waals surface area contributed by atoms with Crippen LogP contribution in [0.4, 0.5) is 18.0 Å². The lowest BCUT2D eigenvalue weighted by atomic mass is 9.91. The number of hydroxylamine groups is 2. The van der Waals surface area contributed by atoms with Crippen LogP contribution >= 0.6 is 0 Å². The first kappa shape index (κ1) is 19.2. The number of urea groups is 1. The minimum atomic E-state index is -5.90. The molecule has 1 saturated heterocycles. The van der Waals surface area contributed by atoms with Gasteiger partial charge in [-0.05, 0) is 30.2 Å². The Hall–Kier alpha value is -2.54. The van der Waals surface area contributed by atoms with E-state index in [1.54, 1.807) is 6.92 Å². The van der Waals surface area contributed by atoms with Crippen LogP contribution < -0.4 is 4.18 Å². The fraction of sp³-hybridized carbons (Fsp3) is 0.429. The summed E-state index contributed by atoms with van der Waals surface area (Å²) in [5.74, 6) is -1.47. The van der Waals surface area contributed by atoms with Gasteiger partial charge in [-0.2, -0.15) is 26.7 Å². The Morgan fingerprint density at radius 2 is 2.00 bits per heavy atom. The third kappa shape index (κ3) is 3.06. The fourth-order valence-electron chi connectivity index (χ4n) is 3.01. The predicted molar refractivity (Wildman–Crippen MR) is 79.9 cm³/mol. The van der Waals surface area contributed by atoms with Crippen LogP contribution in [0.1, 0.15) is 30.1 Å². The number of amides is 2. The number of ether oxygens (including phenoxy) is 1. The molecule has 2 heterocycles. The molecular formula is C14H13F3N2O7S. The first-order valence-corrected chi connectivity index (χ1v) is 8.98. The maximum Gasteiger partial charge on any atom is 0.534 e. The van der Waals surface area contributed by atoms with Gasteiger partial charge in [0.25, 0.3) is 0 Å². The molecule has 9 nitrogen and oxygen atoms in total. The summed E-state index contributed by atoms with van der Waals surface area (Å²) in [6.45, 7) is 1.43. The molecule has 2 aliphatic heterocycles. The number of rotatable bonds is 4. The molecule has 1 aromatic rings. The molecule has 27 heavy (non-hydrogen) atoms. The first-order chi connectivity index (χ1) is 12.5. The van der Waals surface area contributed by atoms with E-state index < -0.39 is 45.5 Å². The Kier molecular flexibility index (Phi) is 4.46. The summed E-state index contributed by atoms with van der Waals surface area (Å²) in [4.78, 5) is 25.4. The lowest BCUT2D eigenvalue weighted by molar-refractivity contribution is -0.148. The van der Waals surface area contributed by atoms with Crippen molar-refractivity contribution < 1.29 is 45.3 Å². The number of alkyl halides is 3. The minimum absolute atomic E-state index is 0.0178. The van der Waals surface area contributed by atoms with E-state index in [1.165, 1.54) is 0 Å². The van der Waals surface area contributed by atoms with Crippen LogP contribution in [0, 0.1) is 0 Å². The molecule has 0 aromatic heterocycles. The molecular weight excluding hydrogens is 397 g/mol. The highest BCUT2D eigenvalue weighted by Gasteiger charge is 2.51. The van der Waals surface area contributed by atoms with Gasteiger partial charge in [0.1, 0.15) is 11.8 Å². The predicted octanol–water partition coefficient (Wildman–Crippen LogP) is 1.70. The summed E-state index contributed by atoms with van der Waals surface area (Å²) < 4.78 is 68.9. The summed E-state index contributed by atoms with van der Waals surface area (Å²) >= 11 is 0. The van der Waals surface area contributed by atoms with Crippen molar-refractivity contribution in [3.63, 3.8) is 0 Å². The van der Waals surface area contributed by atoms with Gasteiger partial charge in [-0.1, -0.05) is 6.07 Å². The number of carbonyl (C=O) groups is 2. The quantitative estimate of drug-likeness (QED) is 0.348. The molecule has 2 atom stereocenters. The van der Waals surface area contributed by atoms with Gasteiger partial charge >= 0.3 is 27.6 Å². The molecule has 1 fully saturated rings. The average Bonchev–Trinajstić information content (AvgIpc) is 2.81. The van der Waals surface area contributed by atoms with Gasteiger partial charge in [-0.3, -0.25) is 5.21 Å². The van der Waals surface area contributed by atoms with Crippen molar-refractivity contribution in [2.24, 2.45) is 0 Å². The summed E-state index contributed by atoms with van der Waals surface area (Å²) in [5, 5.41) is 10.3. The van der Waals surface area contributed by atoms with Crippen molar-refractivity contribution in [1.29, 1.82) is 0 Å². The molecule has 2 aliphatic rings. The number of carbonyl (C=O) groups excluding carboxylic acids is 2. The van der Waals surface area contributed by atoms with Crippen molar-refractivity contribution in [3.8, 4) is 5.75 Å². The van der Waals surface area contributed by atoms with Crippen LogP contribution in [0.15, 0.2) is 18.2 Å². The van der Waals surface area contributed by atoms with Gasteiger partial charge in [-0.15, -0.1) is 0 Å². The number of esters is 1. The largest absolute Gasteiger partial charge is 0.534 e. The summed E-state index contributed by atoms with van der Waals surface area (Å²) in [5.41, 5.74) is -5.36. The number of fused-ring (bicyclic) bond motifs is 4. The summed E-state index contributed by atoms with van der Waals surface area (Å²) in [6.07, 6.45) is 0. The molecule has 3 rings (SSSR count). The zero-order valence-corrected chi connectivity index (χ0v) is 14.5. The molecule has 13 heteroatoms. The average molecular weight is 410 g/mol. The van der Waals surface area contributed by atoms with Gasteiger partial charge in [0.15, 0.2) is 6.04 Å². The van der Waals surface area contributed by atoms with E-state index in [1.807, 2.05) is 0 Å². The van der Waals surface area contributed by atoms with E-state index in [0.717, 1.165) is 23.1 Å². The van der Waals surface area contributed by atoms with Crippen LogP contribution in [-0.4, -0.2) is 54.2 Å². The van der Waals surface area contributed by atoms with Gasteiger partial charge in [0.05, 0.1) is 13.2 Å². The molecule has 0 radical (unpaired) electrons. The molecule has 0 unspecified atom stereocenters. The Morgan fingerprint density at radius 1 is 1.33 bits per heavy atom. The van der Waals surface area contributed by atoms with Gasteiger partial charge in [-0.25, -0.2) is 9.59 Å². The van der Waals surface area contributed by atoms with Crippen molar-refractivity contribution >= 4 is 22.1 Å². The molecule has 0 saturated carbocycles. The maximum atomic E-state index is 12.5. The lowest BCUT2D eigenvalue weighted by Crippen LogP contribution is -2.39. The number of halogens is 3. The smallest absolute Gasteiger partial charge is 0.464 e. The molecule has 2 bridgehead atoms. The van der Waals surface area contributed by atoms with Crippen LogP contribution in [0.3, 0.4) is 0 Å². The molecule has 0 aliphatic carbocycles. The second kappa shape index (κ2) is 6.27. The van der Waals surface area contributed by atoms with E-state index in [2.05, 4.69) is 4.18 Å². The third-order valence-electron chi connectivity index (χ3n) is 4.13. The van der Waals surface area contributed by atoms with Crippen LogP contribution in [0.5, 0.6) is 5.75 Å². The van der Waals surface area contributed by atoms with E-state index in [-0.39, 0.29) is 24.3 Å². The van der Waals surface area contributed by atoms with E-state index in [0.29, 0.717) is 5.06 Å². The van der Waals surface area contributed by atoms with Crippen LogP contribution in [0.25, 0.3) is 0 Å². The highest BCUT2D eigenvalue weighted by Crippen LogP contribution is 2.44. The normalized spacial score (nSPS) is 21.9. The molecule has 1 N–H and O–H groups in total. The SMILES string of the molecule is CCOC(=O)[C@H]1c2ccc(OS(=O)(=O)C(F)(F)F)cc2[C@@H]2CN1C(=O)N2O.